The van der Waals surface area contributed by atoms with Crippen LogP contribution in [0.5, 0.6) is 0 Å². The van der Waals surface area contributed by atoms with Crippen LogP contribution in [0.25, 0.3) is 0 Å². The molecule has 0 aliphatic heterocycles. The second-order valence-corrected chi connectivity index (χ2v) is 6.37. The maximum Gasteiger partial charge on any atom is 0.146 e. The lowest BCUT2D eigenvalue weighted by atomic mass is 10.1. The van der Waals surface area contributed by atoms with E-state index >= 15 is 0 Å². The molecule has 0 heterocycles. The second-order valence-electron chi connectivity index (χ2n) is 6.37. The molecule has 0 aliphatic carbocycles. The predicted octanol–water partition coefficient (Wildman–Crippen LogP) is 4.47. The normalized spacial score (nSPS) is 11.8. The molecule has 0 fully saturated rings. The van der Waals surface area contributed by atoms with E-state index in [4.69, 9.17) is 0 Å². The van der Waals surface area contributed by atoms with Crippen molar-refractivity contribution in [3.63, 3.8) is 0 Å². The van der Waals surface area contributed by atoms with Gasteiger partial charge in [-0.15, -0.1) is 0 Å². The monoisotopic (exact) mass is 255 g/mol. The molecule has 0 aromatic carbocycles. The molecule has 0 aliphatic rings. The number of rotatable bonds is 11. The van der Waals surface area contributed by atoms with E-state index in [0.29, 0.717) is 12.3 Å². The van der Waals surface area contributed by atoms with Gasteiger partial charge in [-0.2, -0.15) is 0 Å². The zero-order chi connectivity index (χ0) is 13.9. The van der Waals surface area contributed by atoms with E-state index in [0.717, 1.165) is 12.8 Å². The SMILES string of the molecule is CCCCCCCCCCC(=O)CNC(C)(C)C. The van der Waals surface area contributed by atoms with Crippen molar-refractivity contribution in [2.24, 2.45) is 0 Å². The lowest BCUT2D eigenvalue weighted by Gasteiger charge is -2.19. The summed E-state index contributed by atoms with van der Waals surface area (Å²) in [5.41, 5.74) is 0.0505. The van der Waals surface area contributed by atoms with E-state index in [1.165, 1.54) is 44.9 Å². The van der Waals surface area contributed by atoms with Crippen LogP contribution in [-0.2, 0) is 4.79 Å². The molecule has 0 radical (unpaired) electrons. The number of carbonyl (C=O) groups is 1. The average Bonchev–Trinajstić information content (AvgIpc) is 2.29. The summed E-state index contributed by atoms with van der Waals surface area (Å²) in [7, 11) is 0. The van der Waals surface area contributed by atoms with E-state index in [1.54, 1.807) is 0 Å². The van der Waals surface area contributed by atoms with Gasteiger partial charge >= 0.3 is 0 Å². The molecule has 0 saturated heterocycles. The molecular weight excluding hydrogens is 222 g/mol. The Bertz CT molecular complexity index is 206. The Balaban J connectivity index is 3.25. The third kappa shape index (κ3) is 13.7. The Morgan fingerprint density at radius 2 is 1.39 bits per heavy atom. The number of hydrogen-bond donors (Lipinski definition) is 1. The molecule has 0 rings (SSSR count). The molecular formula is C16H33NO. The van der Waals surface area contributed by atoms with Gasteiger partial charge in [0.25, 0.3) is 0 Å². The van der Waals surface area contributed by atoms with Crippen molar-refractivity contribution in [1.29, 1.82) is 0 Å². The van der Waals surface area contributed by atoms with Gasteiger partial charge in [0, 0.05) is 12.0 Å². The summed E-state index contributed by atoms with van der Waals surface area (Å²) in [4.78, 5) is 11.6. The van der Waals surface area contributed by atoms with Gasteiger partial charge < -0.3 is 5.32 Å². The highest BCUT2D eigenvalue weighted by Crippen LogP contribution is 2.09. The van der Waals surface area contributed by atoms with Crippen molar-refractivity contribution < 1.29 is 4.79 Å². The van der Waals surface area contributed by atoms with Crippen molar-refractivity contribution in [2.75, 3.05) is 6.54 Å². The zero-order valence-corrected chi connectivity index (χ0v) is 13.0. The fraction of sp³-hybridized carbons (Fsp3) is 0.938. The third-order valence-corrected chi connectivity index (χ3v) is 3.13. The molecule has 0 saturated carbocycles. The van der Waals surface area contributed by atoms with Gasteiger partial charge in [-0.25, -0.2) is 0 Å². The van der Waals surface area contributed by atoms with Crippen LogP contribution in [0.2, 0.25) is 0 Å². The molecule has 0 aromatic heterocycles. The second kappa shape index (κ2) is 10.5. The Morgan fingerprint density at radius 1 is 0.889 bits per heavy atom. The first-order valence-corrected chi connectivity index (χ1v) is 7.72. The van der Waals surface area contributed by atoms with Crippen molar-refractivity contribution in [3.05, 3.63) is 0 Å². The zero-order valence-electron chi connectivity index (χ0n) is 13.0. The summed E-state index contributed by atoms with van der Waals surface area (Å²) in [5.74, 6) is 0.357. The van der Waals surface area contributed by atoms with Crippen molar-refractivity contribution in [2.45, 2.75) is 91.0 Å². The number of nitrogens with one attached hydrogen (secondary N) is 1. The fourth-order valence-corrected chi connectivity index (χ4v) is 1.91. The predicted molar refractivity (Wildman–Crippen MR) is 80.0 cm³/mol. The van der Waals surface area contributed by atoms with E-state index in [9.17, 15) is 4.79 Å². The van der Waals surface area contributed by atoms with Crippen LogP contribution < -0.4 is 5.32 Å². The van der Waals surface area contributed by atoms with Crippen molar-refractivity contribution in [3.8, 4) is 0 Å². The Hall–Kier alpha value is -0.370. The molecule has 2 heteroatoms. The van der Waals surface area contributed by atoms with Gasteiger partial charge in [0.15, 0.2) is 0 Å². The number of hydrogen-bond acceptors (Lipinski definition) is 2. The van der Waals surface area contributed by atoms with Crippen LogP contribution in [-0.4, -0.2) is 17.9 Å². The van der Waals surface area contributed by atoms with E-state index in [-0.39, 0.29) is 5.54 Å². The third-order valence-electron chi connectivity index (χ3n) is 3.13. The molecule has 108 valence electrons. The Labute approximate surface area is 114 Å². The van der Waals surface area contributed by atoms with Crippen LogP contribution in [0.15, 0.2) is 0 Å². The van der Waals surface area contributed by atoms with Gasteiger partial charge in [0.05, 0.1) is 6.54 Å². The van der Waals surface area contributed by atoms with Gasteiger partial charge in [0.2, 0.25) is 0 Å². The summed E-state index contributed by atoms with van der Waals surface area (Å²) < 4.78 is 0. The number of unbranched alkanes of at least 4 members (excludes halogenated alkanes) is 7. The highest BCUT2D eigenvalue weighted by Gasteiger charge is 2.10. The van der Waals surface area contributed by atoms with Crippen molar-refractivity contribution in [1.82, 2.24) is 5.32 Å². The average molecular weight is 255 g/mol. The standard InChI is InChI=1S/C16H33NO/c1-5-6-7-8-9-10-11-12-13-15(18)14-17-16(2,3)4/h17H,5-14H2,1-4H3. The van der Waals surface area contributed by atoms with E-state index in [2.05, 4.69) is 33.0 Å². The van der Waals surface area contributed by atoms with Gasteiger partial charge in [-0.3, -0.25) is 4.79 Å². The first-order chi connectivity index (χ1) is 8.45. The van der Waals surface area contributed by atoms with Gasteiger partial charge in [-0.05, 0) is 27.2 Å². The van der Waals surface area contributed by atoms with Crippen LogP contribution in [0.1, 0.15) is 85.5 Å². The minimum atomic E-state index is 0.0505. The Kier molecular flexibility index (Phi) is 10.3. The molecule has 1 N–H and O–H groups in total. The largest absolute Gasteiger partial charge is 0.305 e. The molecule has 0 bridgehead atoms. The Morgan fingerprint density at radius 3 is 1.89 bits per heavy atom. The molecule has 2 nitrogen and oxygen atoms in total. The summed E-state index contributed by atoms with van der Waals surface area (Å²) in [5, 5.41) is 3.25. The molecule has 0 amide bonds. The van der Waals surface area contributed by atoms with Gasteiger partial charge in [-0.1, -0.05) is 51.9 Å². The summed E-state index contributed by atoms with van der Waals surface area (Å²) in [6, 6.07) is 0. The van der Waals surface area contributed by atoms with Gasteiger partial charge in [0.1, 0.15) is 5.78 Å². The summed E-state index contributed by atoms with van der Waals surface area (Å²) >= 11 is 0. The lowest BCUT2D eigenvalue weighted by Crippen LogP contribution is -2.39. The fourth-order valence-electron chi connectivity index (χ4n) is 1.91. The van der Waals surface area contributed by atoms with Crippen LogP contribution in [0, 0.1) is 0 Å². The van der Waals surface area contributed by atoms with Crippen LogP contribution in [0.4, 0.5) is 0 Å². The minimum absolute atomic E-state index is 0.0505. The van der Waals surface area contributed by atoms with Crippen LogP contribution in [0.3, 0.4) is 0 Å². The molecule has 0 aromatic rings. The minimum Gasteiger partial charge on any atom is -0.305 e. The van der Waals surface area contributed by atoms with E-state index in [1.807, 2.05) is 0 Å². The first kappa shape index (κ1) is 17.6. The summed E-state index contributed by atoms with van der Waals surface area (Å²) in [6.07, 6.45) is 11.1. The topological polar surface area (TPSA) is 29.1 Å². The smallest absolute Gasteiger partial charge is 0.146 e. The lowest BCUT2D eigenvalue weighted by molar-refractivity contribution is -0.118. The maximum atomic E-state index is 11.6. The van der Waals surface area contributed by atoms with Crippen molar-refractivity contribution >= 4 is 5.78 Å². The first-order valence-electron chi connectivity index (χ1n) is 7.72. The van der Waals surface area contributed by atoms with E-state index < -0.39 is 0 Å². The quantitative estimate of drug-likeness (QED) is 0.552. The number of carbonyl (C=O) groups excluding carboxylic acids is 1. The summed E-state index contributed by atoms with van der Waals surface area (Å²) in [6.45, 7) is 9.06. The molecule has 0 spiro atoms. The highest BCUT2D eigenvalue weighted by molar-refractivity contribution is 5.80. The van der Waals surface area contributed by atoms with Crippen LogP contribution >= 0.6 is 0 Å². The number of Topliss-reactive ketones (excluding diaryl/α,β-unsaturated/α-hetero) is 1. The maximum absolute atomic E-state index is 11.6. The number of ketones is 1. The molecule has 0 atom stereocenters. The highest BCUT2D eigenvalue weighted by atomic mass is 16.1. The molecule has 0 unspecified atom stereocenters. The molecule has 18 heavy (non-hydrogen) atoms.